The van der Waals surface area contributed by atoms with E-state index in [1.54, 1.807) is 31.8 Å². The molecule has 4 heterocycles. The van der Waals surface area contributed by atoms with Gasteiger partial charge in [0.2, 0.25) is 11.9 Å². The second-order valence-electron chi connectivity index (χ2n) is 10.1. The predicted octanol–water partition coefficient (Wildman–Crippen LogP) is 6.36. The highest BCUT2D eigenvalue weighted by Crippen LogP contribution is 2.47. The molecule has 5 aromatic rings. The van der Waals surface area contributed by atoms with Crippen LogP contribution in [0.3, 0.4) is 0 Å². The lowest BCUT2D eigenvalue weighted by Gasteiger charge is -2.21. The zero-order valence-corrected chi connectivity index (χ0v) is 25.7. The van der Waals surface area contributed by atoms with Crippen molar-refractivity contribution in [2.75, 3.05) is 50.0 Å². The number of nitrogens with one attached hydrogen (secondary N) is 2. The van der Waals surface area contributed by atoms with Gasteiger partial charge in [-0.3, -0.25) is 9.20 Å². The zero-order valence-electron chi connectivity index (χ0n) is 24.2. The van der Waals surface area contributed by atoms with Crippen molar-refractivity contribution >= 4 is 68.8 Å². The monoisotopic (exact) mass is 633 g/mol. The highest BCUT2D eigenvalue weighted by molar-refractivity contribution is 6.41. The van der Waals surface area contributed by atoms with Crippen molar-refractivity contribution in [3.63, 3.8) is 0 Å². The molecule has 2 N–H and O–H groups in total. The van der Waals surface area contributed by atoms with Gasteiger partial charge in [0, 0.05) is 67.1 Å². The molecule has 3 aromatic heterocycles. The number of carbonyl (C=O) groups excluding carboxylic acids is 1. The number of benzene rings is 2. The Labute approximate surface area is 263 Å². The summed E-state index contributed by atoms with van der Waals surface area (Å²) in [4.78, 5) is 28.5. The normalized spacial score (nSPS) is 14.7. The van der Waals surface area contributed by atoms with Crippen LogP contribution in [0.2, 0.25) is 10.0 Å². The van der Waals surface area contributed by atoms with Crippen LogP contribution in [0.4, 0.5) is 23.0 Å². The maximum absolute atomic E-state index is 12.3. The molecule has 1 amide bonds. The van der Waals surface area contributed by atoms with Crippen LogP contribution in [0.15, 0.2) is 61.6 Å². The number of hydrogen-bond acceptors (Lipinski definition) is 9. The van der Waals surface area contributed by atoms with Gasteiger partial charge in [-0.1, -0.05) is 29.8 Å². The first-order valence-electron chi connectivity index (χ1n) is 13.7. The molecule has 0 bridgehead atoms. The van der Waals surface area contributed by atoms with Gasteiger partial charge >= 0.3 is 0 Å². The fourth-order valence-corrected chi connectivity index (χ4v) is 6.04. The van der Waals surface area contributed by atoms with Gasteiger partial charge in [0.05, 0.1) is 41.7 Å². The van der Waals surface area contributed by atoms with Crippen LogP contribution >= 0.6 is 23.2 Å². The summed E-state index contributed by atoms with van der Waals surface area (Å²) in [6, 6.07) is 9.30. The molecule has 6 rings (SSSR count). The van der Waals surface area contributed by atoms with Gasteiger partial charge in [0.25, 0.3) is 0 Å². The number of halogens is 2. The zero-order chi connectivity index (χ0) is 31.0. The number of pyridine rings is 1. The summed E-state index contributed by atoms with van der Waals surface area (Å²) in [6.07, 6.45) is 7.49. The molecule has 0 saturated carbocycles. The van der Waals surface area contributed by atoms with E-state index in [9.17, 15) is 4.79 Å². The molecule has 1 saturated heterocycles. The molecule has 44 heavy (non-hydrogen) atoms. The van der Waals surface area contributed by atoms with Gasteiger partial charge in [-0.2, -0.15) is 4.98 Å². The van der Waals surface area contributed by atoms with E-state index in [-0.39, 0.29) is 12.0 Å². The number of anilines is 4. The fourth-order valence-electron chi connectivity index (χ4n) is 5.34. The van der Waals surface area contributed by atoms with Crippen LogP contribution in [0.1, 0.15) is 6.42 Å². The SMILES string of the molecule is C=CC(=O)Nc1cc(N2CC[C@H](OC)C2)ccc1Nc1ncc2cc(-c3c(Cl)c(OC)cc(OC)c3Cl)c3nccn3c2n1. The van der Waals surface area contributed by atoms with Crippen molar-refractivity contribution in [3.8, 4) is 22.6 Å². The van der Waals surface area contributed by atoms with Gasteiger partial charge < -0.3 is 29.7 Å². The van der Waals surface area contributed by atoms with E-state index in [4.69, 9.17) is 42.4 Å². The largest absolute Gasteiger partial charge is 0.495 e. The van der Waals surface area contributed by atoms with E-state index in [0.717, 1.165) is 25.2 Å². The lowest BCUT2D eigenvalue weighted by atomic mass is 10.0. The van der Waals surface area contributed by atoms with Crippen LogP contribution in [0.25, 0.3) is 27.8 Å². The van der Waals surface area contributed by atoms with E-state index in [1.165, 1.54) is 20.3 Å². The molecular formula is C31H29Cl2N7O4. The minimum absolute atomic E-state index is 0.170. The van der Waals surface area contributed by atoms with Crippen LogP contribution in [-0.2, 0) is 9.53 Å². The number of ether oxygens (including phenoxy) is 3. The Bertz CT molecular complexity index is 1880. The summed E-state index contributed by atoms with van der Waals surface area (Å²) in [5, 5.41) is 7.51. The highest BCUT2D eigenvalue weighted by Gasteiger charge is 2.24. The quantitative estimate of drug-likeness (QED) is 0.179. The van der Waals surface area contributed by atoms with Gasteiger partial charge in [-0.05, 0) is 36.8 Å². The molecule has 1 atom stereocenters. The van der Waals surface area contributed by atoms with E-state index >= 15 is 0 Å². The average Bonchev–Trinajstić information content (AvgIpc) is 3.73. The smallest absolute Gasteiger partial charge is 0.247 e. The molecule has 13 heteroatoms. The third kappa shape index (κ3) is 5.34. The van der Waals surface area contributed by atoms with Crippen molar-refractivity contribution in [1.29, 1.82) is 0 Å². The van der Waals surface area contributed by atoms with Gasteiger partial charge in [0.1, 0.15) is 17.1 Å². The summed E-state index contributed by atoms with van der Waals surface area (Å²) in [5.41, 5.74) is 4.49. The summed E-state index contributed by atoms with van der Waals surface area (Å²) >= 11 is 13.5. The molecule has 0 radical (unpaired) electrons. The Morgan fingerprint density at radius 1 is 1.05 bits per heavy atom. The first-order valence-corrected chi connectivity index (χ1v) is 14.5. The third-order valence-corrected chi connectivity index (χ3v) is 8.34. The Balaban J connectivity index is 1.41. The highest BCUT2D eigenvalue weighted by atomic mass is 35.5. The molecule has 1 aliphatic rings. The predicted molar refractivity (Wildman–Crippen MR) is 173 cm³/mol. The minimum Gasteiger partial charge on any atom is -0.495 e. The molecule has 2 aromatic carbocycles. The number of imidazole rings is 1. The molecule has 226 valence electrons. The first kappa shape index (κ1) is 29.5. The minimum atomic E-state index is -0.333. The number of aromatic nitrogens is 4. The first-order chi connectivity index (χ1) is 21.3. The molecule has 0 unspecified atom stereocenters. The van der Waals surface area contributed by atoms with Crippen molar-refractivity contribution in [2.24, 2.45) is 0 Å². The maximum Gasteiger partial charge on any atom is 0.247 e. The Morgan fingerprint density at radius 2 is 1.82 bits per heavy atom. The molecule has 1 aliphatic heterocycles. The van der Waals surface area contributed by atoms with E-state index < -0.39 is 0 Å². The molecular weight excluding hydrogens is 605 g/mol. The van der Waals surface area contributed by atoms with E-state index in [0.29, 0.717) is 66.7 Å². The van der Waals surface area contributed by atoms with Crippen molar-refractivity contribution in [1.82, 2.24) is 19.4 Å². The standard InChI is InChI=1S/C31H29Cl2N7O4/c1-5-25(41)36-22-13-18(39-10-8-19(16-39)42-2)6-7-21(22)37-31-35-15-17-12-20(30-34-9-11-40(30)29(17)38-31)26-27(32)23(43-3)14-24(44-4)28(26)33/h5-7,9,11-15,19H,1,8,10,16H2,2-4H3,(H,36,41)(H,35,37,38)/t19-/m0/s1. The second kappa shape index (κ2) is 12.2. The molecule has 1 fully saturated rings. The van der Waals surface area contributed by atoms with Crippen LogP contribution in [-0.4, -0.2) is 65.8 Å². The fraction of sp³-hybridized carbons (Fsp3) is 0.226. The van der Waals surface area contributed by atoms with Gasteiger partial charge in [-0.25, -0.2) is 9.97 Å². The van der Waals surface area contributed by atoms with Gasteiger partial charge in [-0.15, -0.1) is 0 Å². The molecule has 0 aliphatic carbocycles. The summed E-state index contributed by atoms with van der Waals surface area (Å²) in [5.74, 6) is 0.816. The maximum atomic E-state index is 12.3. The van der Waals surface area contributed by atoms with E-state index in [1.807, 2.05) is 28.7 Å². The number of amides is 1. The summed E-state index contributed by atoms with van der Waals surface area (Å²) in [6.45, 7) is 5.21. The van der Waals surface area contributed by atoms with E-state index in [2.05, 4.69) is 32.1 Å². The van der Waals surface area contributed by atoms with Crippen LogP contribution < -0.4 is 25.0 Å². The Hall–Kier alpha value is -4.58. The number of rotatable bonds is 9. The van der Waals surface area contributed by atoms with Crippen molar-refractivity contribution in [2.45, 2.75) is 12.5 Å². The number of hydrogen-bond donors (Lipinski definition) is 2. The summed E-state index contributed by atoms with van der Waals surface area (Å²) in [7, 11) is 4.77. The summed E-state index contributed by atoms with van der Waals surface area (Å²) < 4.78 is 18.3. The number of nitrogens with zero attached hydrogens (tertiary/aromatic N) is 5. The topological polar surface area (TPSA) is 115 Å². The van der Waals surface area contributed by atoms with Crippen LogP contribution in [0, 0.1) is 0 Å². The lowest BCUT2D eigenvalue weighted by Crippen LogP contribution is -2.22. The number of fused-ring (bicyclic) bond motifs is 3. The number of methoxy groups -OCH3 is 3. The van der Waals surface area contributed by atoms with Crippen molar-refractivity contribution in [3.05, 3.63) is 71.6 Å². The lowest BCUT2D eigenvalue weighted by molar-refractivity contribution is -0.111. The molecule has 0 spiro atoms. The van der Waals surface area contributed by atoms with Crippen LogP contribution in [0.5, 0.6) is 11.5 Å². The van der Waals surface area contributed by atoms with Gasteiger partial charge in [0.15, 0.2) is 5.65 Å². The second-order valence-corrected chi connectivity index (χ2v) is 10.8. The molecule has 11 nitrogen and oxygen atoms in total. The Morgan fingerprint density at radius 3 is 2.50 bits per heavy atom. The average molecular weight is 635 g/mol. The third-order valence-electron chi connectivity index (χ3n) is 7.58. The Kier molecular flexibility index (Phi) is 8.17. The van der Waals surface area contributed by atoms with Crippen molar-refractivity contribution < 1.29 is 19.0 Å². The number of carbonyl (C=O) groups is 1.